The van der Waals surface area contributed by atoms with Gasteiger partial charge in [0.25, 0.3) is 0 Å². The zero-order chi connectivity index (χ0) is 8.97. The number of nitrogens with two attached hydrogens (primary N) is 1. The van der Waals surface area contributed by atoms with E-state index in [0.29, 0.717) is 12.4 Å². The minimum atomic E-state index is -0.196. The van der Waals surface area contributed by atoms with Crippen LogP contribution in [0, 0.1) is 0 Å². The maximum Gasteiger partial charge on any atom is 0.234 e. The maximum atomic E-state index is 10.7. The van der Waals surface area contributed by atoms with Crippen LogP contribution < -0.4 is 11.1 Å². The third-order valence-corrected chi connectivity index (χ3v) is 1.43. The Balaban J connectivity index is 2.43. The molecule has 1 aromatic heterocycles. The van der Waals surface area contributed by atoms with Crippen molar-refractivity contribution in [1.29, 1.82) is 0 Å². The molecule has 3 N–H and O–H groups in total. The van der Waals surface area contributed by atoms with E-state index in [1.807, 2.05) is 7.05 Å². The van der Waals surface area contributed by atoms with Gasteiger partial charge >= 0.3 is 0 Å². The number of carbonyl (C=O) groups excluding carboxylic acids is 1. The quantitative estimate of drug-likeness (QED) is 0.570. The van der Waals surface area contributed by atoms with E-state index in [-0.39, 0.29) is 12.5 Å². The van der Waals surface area contributed by atoms with Crippen LogP contribution in [0.25, 0.3) is 0 Å². The largest absolute Gasteiger partial charge is 0.348 e. The minimum absolute atomic E-state index is 0.00213. The van der Waals surface area contributed by atoms with E-state index in [1.165, 1.54) is 0 Å². The first-order valence-electron chi connectivity index (χ1n) is 3.53. The average Bonchev–Trinajstić information content (AvgIpc) is 2.47. The van der Waals surface area contributed by atoms with E-state index in [2.05, 4.69) is 15.5 Å². The summed E-state index contributed by atoms with van der Waals surface area (Å²) < 4.78 is 1.73. The van der Waals surface area contributed by atoms with Crippen LogP contribution in [0.2, 0.25) is 0 Å². The molecule has 0 aliphatic rings. The molecule has 12 heavy (non-hydrogen) atoms. The van der Waals surface area contributed by atoms with Gasteiger partial charge in [0.2, 0.25) is 5.91 Å². The minimum Gasteiger partial charge on any atom is -0.348 e. The monoisotopic (exact) mass is 169 g/mol. The molecule has 0 fully saturated rings. The summed E-state index contributed by atoms with van der Waals surface area (Å²) in [6, 6.07) is 0. The molecule has 1 amide bonds. The zero-order valence-electron chi connectivity index (χ0n) is 6.82. The van der Waals surface area contributed by atoms with Gasteiger partial charge in [0.05, 0.1) is 13.1 Å². The molecule has 0 unspecified atom stereocenters. The van der Waals surface area contributed by atoms with E-state index >= 15 is 0 Å². The molecular weight excluding hydrogens is 158 g/mol. The molecule has 0 aromatic carbocycles. The summed E-state index contributed by atoms with van der Waals surface area (Å²) in [5, 5.41) is 10.0. The van der Waals surface area contributed by atoms with E-state index in [1.54, 1.807) is 10.9 Å². The van der Waals surface area contributed by atoms with Gasteiger partial charge in [0.15, 0.2) is 5.82 Å². The molecule has 0 radical (unpaired) electrons. The molecule has 1 rings (SSSR count). The van der Waals surface area contributed by atoms with Crippen molar-refractivity contribution in [3.63, 3.8) is 0 Å². The smallest absolute Gasteiger partial charge is 0.234 e. The topological polar surface area (TPSA) is 85.8 Å². The molecule has 66 valence electrons. The highest BCUT2D eigenvalue weighted by molar-refractivity contribution is 5.77. The van der Waals surface area contributed by atoms with Gasteiger partial charge in [-0.2, -0.15) is 0 Å². The Bertz CT molecular complexity index is 269. The van der Waals surface area contributed by atoms with E-state index in [0.717, 1.165) is 0 Å². The fourth-order valence-electron chi connectivity index (χ4n) is 0.717. The van der Waals surface area contributed by atoms with Crippen LogP contribution in [0.4, 0.5) is 0 Å². The molecule has 0 bridgehead atoms. The fourth-order valence-corrected chi connectivity index (χ4v) is 0.717. The number of hydrogen-bond donors (Lipinski definition) is 2. The van der Waals surface area contributed by atoms with Crippen molar-refractivity contribution in [2.75, 3.05) is 6.54 Å². The van der Waals surface area contributed by atoms with Crippen LogP contribution in [0.3, 0.4) is 0 Å². The zero-order valence-corrected chi connectivity index (χ0v) is 6.82. The Morgan fingerprint density at radius 3 is 3.08 bits per heavy atom. The number of rotatable bonds is 3. The van der Waals surface area contributed by atoms with Gasteiger partial charge in [-0.3, -0.25) is 4.79 Å². The summed E-state index contributed by atoms with van der Waals surface area (Å²) in [5.74, 6) is 0.509. The molecule has 6 nitrogen and oxygen atoms in total. The van der Waals surface area contributed by atoms with Gasteiger partial charge in [-0.1, -0.05) is 0 Å². The highest BCUT2D eigenvalue weighted by Gasteiger charge is 2.01. The van der Waals surface area contributed by atoms with Crippen LogP contribution in [0.1, 0.15) is 5.82 Å². The first kappa shape index (κ1) is 8.66. The Labute approximate surface area is 69.8 Å². The molecule has 0 spiro atoms. The van der Waals surface area contributed by atoms with Crippen LogP contribution in [0.5, 0.6) is 0 Å². The Kier molecular flexibility index (Phi) is 2.76. The van der Waals surface area contributed by atoms with Crippen molar-refractivity contribution in [2.24, 2.45) is 12.8 Å². The molecular formula is C6H11N5O. The molecule has 6 heteroatoms. The van der Waals surface area contributed by atoms with Crippen LogP contribution >= 0.6 is 0 Å². The van der Waals surface area contributed by atoms with Gasteiger partial charge in [-0.25, -0.2) is 0 Å². The van der Waals surface area contributed by atoms with E-state index < -0.39 is 0 Å². The van der Waals surface area contributed by atoms with Gasteiger partial charge in [-0.15, -0.1) is 10.2 Å². The van der Waals surface area contributed by atoms with Crippen molar-refractivity contribution in [2.45, 2.75) is 6.54 Å². The number of aromatic nitrogens is 3. The van der Waals surface area contributed by atoms with Crippen LogP contribution in [-0.4, -0.2) is 27.2 Å². The van der Waals surface area contributed by atoms with E-state index in [9.17, 15) is 4.79 Å². The normalized spacial score (nSPS) is 9.83. The first-order valence-corrected chi connectivity index (χ1v) is 3.53. The van der Waals surface area contributed by atoms with Crippen molar-refractivity contribution in [3.05, 3.63) is 12.2 Å². The Hall–Kier alpha value is -1.43. The SMILES string of the molecule is Cn1cnnc1CNC(=O)CN. The lowest BCUT2D eigenvalue weighted by molar-refractivity contribution is -0.119. The summed E-state index contributed by atoms with van der Waals surface area (Å²) in [6.45, 7) is 0.365. The molecule has 0 saturated carbocycles. The second-order valence-corrected chi connectivity index (χ2v) is 2.34. The summed E-state index contributed by atoms with van der Waals surface area (Å²) in [7, 11) is 1.81. The van der Waals surface area contributed by atoms with Crippen LogP contribution in [0.15, 0.2) is 6.33 Å². The second-order valence-electron chi connectivity index (χ2n) is 2.34. The van der Waals surface area contributed by atoms with Crippen molar-refractivity contribution < 1.29 is 4.79 Å². The molecule has 0 aliphatic heterocycles. The number of nitrogens with zero attached hydrogens (tertiary/aromatic N) is 3. The van der Waals surface area contributed by atoms with Crippen molar-refractivity contribution in [3.8, 4) is 0 Å². The summed E-state index contributed by atoms with van der Waals surface area (Å²) >= 11 is 0. The molecule has 0 atom stereocenters. The third kappa shape index (κ3) is 2.03. The number of amides is 1. The summed E-state index contributed by atoms with van der Waals surface area (Å²) in [6.07, 6.45) is 1.57. The molecule has 0 saturated heterocycles. The van der Waals surface area contributed by atoms with Gasteiger partial charge < -0.3 is 15.6 Å². The molecule has 1 heterocycles. The Morgan fingerprint density at radius 2 is 2.58 bits per heavy atom. The van der Waals surface area contributed by atoms with Gasteiger partial charge in [0.1, 0.15) is 6.33 Å². The average molecular weight is 169 g/mol. The fraction of sp³-hybridized carbons (Fsp3) is 0.500. The maximum absolute atomic E-state index is 10.7. The number of nitrogens with one attached hydrogen (secondary N) is 1. The van der Waals surface area contributed by atoms with Gasteiger partial charge in [0, 0.05) is 7.05 Å². The van der Waals surface area contributed by atoms with Crippen molar-refractivity contribution in [1.82, 2.24) is 20.1 Å². The lowest BCUT2D eigenvalue weighted by atomic mass is 10.5. The number of carbonyl (C=O) groups is 1. The first-order chi connectivity index (χ1) is 5.74. The predicted octanol–water partition coefficient (Wildman–Crippen LogP) is -1.61. The van der Waals surface area contributed by atoms with Gasteiger partial charge in [-0.05, 0) is 0 Å². The second kappa shape index (κ2) is 3.82. The lowest BCUT2D eigenvalue weighted by Gasteiger charge is -2.01. The lowest BCUT2D eigenvalue weighted by Crippen LogP contribution is -2.30. The number of hydrogen-bond acceptors (Lipinski definition) is 4. The van der Waals surface area contributed by atoms with E-state index in [4.69, 9.17) is 5.73 Å². The molecule has 0 aliphatic carbocycles. The predicted molar refractivity (Wildman–Crippen MR) is 41.9 cm³/mol. The third-order valence-electron chi connectivity index (χ3n) is 1.43. The number of aryl methyl sites for hydroxylation is 1. The summed E-state index contributed by atoms with van der Waals surface area (Å²) in [5.41, 5.74) is 5.09. The highest BCUT2D eigenvalue weighted by atomic mass is 16.1. The Morgan fingerprint density at radius 1 is 1.83 bits per heavy atom. The summed E-state index contributed by atoms with van der Waals surface area (Å²) in [4.78, 5) is 10.7. The van der Waals surface area contributed by atoms with Crippen LogP contribution in [-0.2, 0) is 18.4 Å². The molecule has 1 aromatic rings. The van der Waals surface area contributed by atoms with Crippen molar-refractivity contribution >= 4 is 5.91 Å². The standard InChI is InChI=1S/C6H11N5O/c1-11-4-9-10-5(11)3-8-6(12)2-7/h4H,2-3,7H2,1H3,(H,8,12). The highest BCUT2D eigenvalue weighted by Crippen LogP contribution is 1.88.